The molecule has 0 heterocycles. The molecule has 0 aromatic rings. The molecule has 0 amide bonds. The van der Waals surface area contributed by atoms with E-state index < -0.39 is 21.1 Å². The van der Waals surface area contributed by atoms with Crippen LogP contribution in [-0.4, -0.2) is 31.4 Å². The number of hydrogen-bond acceptors (Lipinski definition) is 3. The number of aliphatic hydroxyl groups is 1. The zero-order chi connectivity index (χ0) is 12.1. The van der Waals surface area contributed by atoms with Crippen LogP contribution in [-0.2, 0) is 9.84 Å². The minimum Gasteiger partial charge on any atom is -0.396 e. The smallest absolute Gasteiger partial charge is 0.396 e. The van der Waals surface area contributed by atoms with E-state index in [-0.39, 0.29) is 18.9 Å². The van der Waals surface area contributed by atoms with Crippen LogP contribution >= 0.6 is 0 Å². The van der Waals surface area contributed by atoms with Gasteiger partial charge >= 0.3 is 5.51 Å². The summed E-state index contributed by atoms with van der Waals surface area (Å²) in [4.78, 5) is 0. The molecule has 0 saturated heterocycles. The Kier molecular flexibility index (Phi) is 5.58. The molecule has 15 heavy (non-hydrogen) atoms. The Balaban J connectivity index is 4.26. The lowest BCUT2D eigenvalue weighted by Crippen LogP contribution is -2.27. The first-order valence-electron chi connectivity index (χ1n) is 4.64. The Bertz CT molecular complexity index is 271. The number of rotatable bonds is 6. The monoisotopic (exact) mass is 248 g/mol. The summed E-state index contributed by atoms with van der Waals surface area (Å²) in [7, 11) is -5.03. The molecule has 1 atom stereocenters. The van der Waals surface area contributed by atoms with Crippen molar-refractivity contribution < 1.29 is 26.7 Å². The third-order valence-corrected chi connectivity index (χ3v) is 3.58. The molecule has 0 aliphatic rings. The number of hydrogen-bond donors (Lipinski definition) is 1. The quantitative estimate of drug-likeness (QED) is 0.778. The third-order valence-electron chi connectivity index (χ3n) is 2.10. The van der Waals surface area contributed by atoms with Gasteiger partial charge in [-0.3, -0.25) is 0 Å². The van der Waals surface area contributed by atoms with Crippen LogP contribution in [0.2, 0.25) is 0 Å². The second-order valence-corrected chi connectivity index (χ2v) is 5.49. The van der Waals surface area contributed by atoms with Gasteiger partial charge in [0.1, 0.15) is 0 Å². The largest absolute Gasteiger partial charge is 0.497 e. The van der Waals surface area contributed by atoms with E-state index in [4.69, 9.17) is 5.11 Å². The minimum atomic E-state index is -5.18. The fourth-order valence-corrected chi connectivity index (χ4v) is 2.05. The molecule has 0 spiro atoms. The fourth-order valence-electron chi connectivity index (χ4n) is 1.17. The highest BCUT2D eigenvalue weighted by Gasteiger charge is 2.45. The van der Waals surface area contributed by atoms with Gasteiger partial charge in [-0.25, -0.2) is 8.42 Å². The summed E-state index contributed by atoms with van der Waals surface area (Å²) in [5, 5.41) is 8.78. The summed E-state index contributed by atoms with van der Waals surface area (Å²) >= 11 is 0. The Morgan fingerprint density at radius 2 is 1.80 bits per heavy atom. The third kappa shape index (κ3) is 4.83. The highest BCUT2D eigenvalue weighted by atomic mass is 32.2. The van der Waals surface area contributed by atoms with Gasteiger partial charge in [-0.1, -0.05) is 13.3 Å². The number of halogens is 3. The van der Waals surface area contributed by atoms with Gasteiger partial charge in [0.2, 0.25) is 9.84 Å². The van der Waals surface area contributed by atoms with E-state index in [1.165, 1.54) is 0 Å². The highest BCUT2D eigenvalue weighted by Crippen LogP contribution is 2.25. The molecule has 0 aliphatic heterocycles. The van der Waals surface area contributed by atoms with Gasteiger partial charge < -0.3 is 5.11 Å². The fraction of sp³-hybridized carbons (Fsp3) is 1.00. The maximum absolute atomic E-state index is 11.9. The first kappa shape index (κ1) is 14.7. The molecule has 1 N–H and O–H groups in total. The number of alkyl halides is 3. The minimum absolute atomic E-state index is 0.147. The molecular weight excluding hydrogens is 233 g/mol. The van der Waals surface area contributed by atoms with Crippen molar-refractivity contribution >= 4 is 9.84 Å². The van der Waals surface area contributed by atoms with E-state index in [2.05, 4.69) is 0 Å². The summed E-state index contributed by atoms with van der Waals surface area (Å²) < 4.78 is 57.1. The van der Waals surface area contributed by atoms with Crippen LogP contribution in [0.25, 0.3) is 0 Å². The second-order valence-electron chi connectivity index (χ2n) is 3.39. The van der Waals surface area contributed by atoms with Crippen molar-refractivity contribution in [2.75, 3.05) is 12.4 Å². The van der Waals surface area contributed by atoms with Gasteiger partial charge in [0.15, 0.2) is 0 Å². The van der Waals surface area contributed by atoms with Crippen molar-refractivity contribution in [2.24, 2.45) is 5.92 Å². The Morgan fingerprint density at radius 3 is 2.13 bits per heavy atom. The van der Waals surface area contributed by atoms with Crippen LogP contribution in [0.4, 0.5) is 13.2 Å². The van der Waals surface area contributed by atoms with Crippen LogP contribution < -0.4 is 0 Å². The van der Waals surface area contributed by atoms with Crippen molar-refractivity contribution in [3.8, 4) is 0 Å². The molecule has 0 saturated carbocycles. The standard InChI is InChI=1S/C8H15F3O3S/c1-2-3-7(6-12)4-5-15(13,14)8(9,10)11/h7,12H,2-6H2,1H3. The second kappa shape index (κ2) is 5.69. The summed E-state index contributed by atoms with van der Waals surface area (Å²) in [5.41, 5.74) is -5.18. The SMILES string of the molecule is CCCC(CO)CCS(=O)(=O)C(F)(F)F. The van der Waals surface area contributed by atoms with Crippen molar-refractivity contribution in [3.63, 3.8) is 0 Å². The average molecular weight is 248 g/mol. The van der Waals surface area contributed by atoms with E-state index in [9.17, 15) is 21.6 Å². The first-order chi connectivity index (χ1) is 6.74. The van der Waals surface area contributed by atoms with Gasteiger partial charge in [-0.15, -0.1) is 0 Å². The van der Waals surface area contributed by atoms with E-state index in [0.29, 0.717) is 12.8 Å². The molecule has 0 bridgehead atoms. The van der Waals surface area contributed by atoms with Crippen LogP contribution in [0.15, 0.2) is 0 Å². The Hall–Kier alpha value is -0.300. The maximum atomic E-state index is 11.9. The van der Waals surface area contributed by atoms with Crippen molar-refractivity contribution in [3.05, 3.63) is 0 Å². The molecule has 0 aromatic heterocycles. The lowest BCUT2D eigenvalue weighted by atomic mass is 10.0. The van der Waals surface area contributed by atoms with Gasteiger partial charge in [-0.05, 0) is 18.8 Å². The molecule has 7 heteroatoms. The molecule has 3 nitrogen and oxygen atoms in total. The molecular formula is C8H15F3O3S. The average Bonchev–Trinajstić information content (AvgIpc) is 2.10. The van der Waals surface area contributed by atoms with E-state index in [1.807, 2.05) is 6.92 Å². The predicted octanol–water partition coefficient (Wildman–Crippen LogP) is 1.72. The molecule has 0 fully saturated rings. The van der Waals surface area contributed by atoms with Crippen molar-refractivity contribution in [1.82, 2.24) is 0 Å². The van der Waals surface area contributed by atoms with Gasteiger partial charge in [0.05, 0.1) is 5.75 Å². The van der Waals surface area contributed by atoms with Gasteiger partial charge in [-0.2, -0.15) is 13.2 Å². The zero-order valence-electron chi connectivity index (χ0n) is 8.42. The molecule has 0 radical (unpaired) electrons. The van der Waals surface area contributed by atoms with E-state index in [1.54, 1.807) is 0 Å². The maximum Gasteiger partial charge on any atom is 0.497 e. The Labute approximate surface area is 87.2 Å². The summed E-state index contributed by atoms with van der Waals surface area (Å²) in [6.07, 6.45) is 1.09. The summed E-state index contributed by atoms with van der Waals surface area (Å²) in [6.45, 7) is 1.54. The zero-order valence-corrected chi connectivity index (χ0v) is 9.24. The normalized spacial score (nSPS) is 15.3. The summed E-state index contributed by atoms with van der Waals surface area (Å²) in [6, 6.07) is 0. The lowest BCUT2D eigenvalue weighted by molar-refractivity contribution is -0.0436. The van der Waals surface area contributed by atoms with Gasteiger partial charge in [0, 0.05) is 6.61 Å². The van der Waals surface area contributed by atoms with Crippen LogP contribution in [0.1, 0.15) is 26.2 Å². The highest BCUT2D eigenvalue weighted by molar-refractivity contribution is 7.92. The first-order valence-corrected chi connectivity index (χ1v) is 6.29. The van der Waals surface area contributed by atoms with Gasteiger partial charge in [0.25, 0.3) is 0 Å². The molecule has 1 unspecified atom stereocenters. The summed E-state index contributed by atoms with van der Waals surface area (Å²) in [5.74, 6) is -1.31. The van der Waals surface area contributed by atoms with E-state index >= 15 is 0 Å². The molecule has 0 aromatic carbocycles. The van der Waals surface area contributed by atoms with Crippen molar-refractivity contribution in [2.45, 2.75) is 31.7 Å². The molecule has 92 valence electrons. The van der Waals surface area contributed by atoms with Crippen LogP contribution in [0, 0.1) is 5.92 Å². The Morgan fingerprint density at radius 1 is 1.27 bits per heavy atom. The topological polar surface area (TPSA) is 54.4 Å². The van der Waals surface area contributed by atoms with Crippen LogP contribution in [0.5, 0.6) is 0 Å². The number of aliphatic hydroxyl groups excluding tert-OH is 1. The van der Waals surface area contributed by atoms with E-state index in [0.717, 1.165) is 0 Å². The lowest BCUT2D eigenvalue weighted by Gasteiger charge is -2.13. The van der Waals surface area contributed by atoms with Crippen LogP contribution in [0.3, 0.4) is 0 Å². The number of sulfone groups is 1. The predicted molar refractivity (Wildman–Crippen MR) is 49.9 cm³/mol. The van der Waals surface area contributed by atoms with Crippen molar-refractivity contribution in [1.29, 1.82) is 0 Å². The molecule has 0 rings (SSSR count). The molecule has 0 aliphatic carbocycles.